The molecular formula is C14H20O3. The molecule has 2 rings (SSSR count). The van der Waals surface area contributed by atoms with Gasteiger partial charge in [0.2, 0.25) is 0 Å². The fraction of sp³-hybridized carbons (Fsp3) is 0.571. The van der Waals surface area contributed by atoms with E-state index in [1.54, 1.807) is 0 Å². The normalized spacial score (nSPS) is 24.4. The summed E-state index contributed by atoms with van der Waals surface area (Å²) in [5, 5.41) is 9.89. The third kappa shape index (κ3) is 3.13. The molecule has 1 fully saturated rings. The van der Waals surface area contributed by atoms with Crippen molar-refractivity contribution in [1.82, 2.24) is 0 Å². The topological polar surface area (TPSA) is 38.7 Å². The van der Waals surface area contributed by atoms with Gasteiger partial charge in [-0.25, -0.2) is 0 Å². The van der Waals surface area contributed by atoms with Crippen LogP contribution in [-0.2, 0) is 0 Å². The summed E-state index contributed by atoms with van der Waals surface area (Å²) in [5.41, 5.74) is 0. The van der Waals surface area contributed by atoms with Crippen LogP contribution in [0.4, 0.5) is 0 Å². The molecule has 0 saturated heterocycles. The van der Waals surface area contributed by atoms with Gasteiger partial charge in [0.1, 0.15) is 6.10 Å². The van der Waals surface area contributed by atoms with Crippen LogP contribution in [0, 0.1) is 0 Å². The van der Waals surface area contributed by atoms with Gasteiger partial charge in [0.05, 0.1) is 12.7 Å². The molecule has 0 heterocycles. The summed E-state index contributed by atoms with van der Waals surface area (Å²) >= 11 is 0. The standard InChI is InChI=1S/C14H20O3/c1-2-16-13-9-5-6-10-14(13)17-12-8-4-3-7-11(12)15/h5-6,9-12,15H,2-4,7-8H2,1H3. The zero-order valence-corrected chi connectivity index (χ0v) is 10.3. The second-order valence-corrected chi connectivity index (χ2v) is 4.39. The highest BCUT2D eigenvalue weighted by Crippen LogP contribution is 2.30. The average Bonchev–Trinajstić information content (AvgIpc) is 2.35. The third-order valence-corrected chi connectivity index (χ3v) is 3.10. The Balaban J connectivity index is 2.06. The lowest BCUT2D eigenvalue weighted by Gasteiger charge is -2.28. The third-order valence-electron chi connectivity index (χ3n) is 3.10. The Morgan fingerprint density at radius 3 is 2.59 bits per heavy atom. The number of benzene rings is 1. The lowest BCUT2D eigenvalue weighted by Crippen LogP contribution is -2.34. The summed E-state index contributed by atoms with van der Waals surface area (Å²) in [6, 6.07) is 7.64. The molecule has 0 amide bonds. The summed E-state index contributed by atoms with van der Waals surface area (Å²) in [6.07, 6.45) is 3.53. The first-order valence-electron chi connectivity index (χ1n) is 6.38. The number of rotatable bonds is 4. The van der Waals surface area contributed by atoms with Crippen molar-refractivity contribution in [2.75, 3.05) is 6.61 Å². The fourth-order valence-electron chi connectivity index (χ4n) is 2.20. The van der Waals surface area contributed by atoms with Gasteiger partial charge in [-0.2, -0.15) is 0 Å². The van der Waals surface area contributed by atoms with Crippen molar-refractivity contribution in [2.24, 2.45) is 0 Å². The predicted molar refractivity (Wildman–Crippen MR) is 66.5 cm³/mol. The summed E-state index contributed by atoms with van der Waals surface area (Å²) < 4.78 is 11.4. The second kappa shape index (κ2) is 5.92. The minimum atomic E-state index is -0.349. The van der Waals surface area contributed by atoms with Gasteiger partial charge in [-0.15, -0.1) is 0 Å². The molecule has 0 bridgehead atoms. The molecule has 94 valence electrons. The average molecular weight is 236 g/mol. The van der Waals surface area contributed by atoms with E-state index < -0.39 is 0 Å². The van der Waals surface area contributed by atoms with Crippen molar-refractivity contribution >= 4 is 0 Å². The fourth-order valence-corrected chi connectivity index (χ4v) is 2.20. The molecule has 1 aromatic rings. The molecule has 1 aliphatic rings. The lowest BCUT2D eigenvalue weighted by molar-refractivity contribution is 0.00545. The molecule has 1 aliphatic carbocycles. The quantitative estimate of drug-likeness (QED) is 0.873. The molecule has 0 spiro atoms. The van der Waals surface area contributed by atoms with Gasteiger partial charge in [-0.1, -0.05) is 18.6 Å². The molecule has 2 atom stereocenters. The van der Waals surface area contributed by atoms with Gasteiger partial charge in [-0.05, 0) is 38.3 Å². The monoisotopic (exact) mass is 236 g/mol. The molecule has 1 saturated carbocycles. The van der Waals surface area contributed by atoms with Gasteiger partial charge in [0.25, 0.3) is 0 Å². The summed E-state index contributed by atoms with van der Waals surface area (Å²) in [7, 11) is 0. The van der Waals surface area contributed by atoms with Crippen LogP contribution >= 0.6 is 0 Å². The Labute approximate surface area is 102 Å². The second-order valence-electron chi connectivity index (χ2n) is 4.39. The highest BCUT2D eigenvalue weighted by Gasteiger charge is 2.25. The van der Waals surface area contributed by atoms with Gasteiger partial charge in [-0.3, -0.25) is 0 Å². The van der Waals surface area contributed by atoms with E-state index in [0.717, 1.165) is 37.2 Å². The number of hydrogen-bond acceptors (Lipinski definition) is 3. The number of aliphatic hydroxyl groups excluding tert-OH is 1. The Hall–Kier alpha value is -1.22. The van der Waals surface area contributed by atoms with Crippen LogP contribution in [0.2, 0.25) is 0 Å². The van der Waals surface area contributed by atoms with Gasteiger partial charge in [0.15, 0.2) is 11.5 Å². The van der Waals surface area contributed by atoms with E-state index in [0.29, 0.717) is 6.61 Å². The molecule has 0 radical (unpaired) electrons. The first-order chi connectivity index (χ1) is 8.31. The largest absolute Gasteiger partial charge is 0.490 e. The highest BCUT2D eigenvalue weighted by atomic mass is 16.5. The molecular weight excluding hydrogens is 216 g/mol. The van der Waals surface area contributed by atoms with Crippen LogP contribution in [0.3, 0.4) is 0 Å². The maximum atomic E-state index is 9.89. The van der Waals surface area contributed by atoms with Crippen molar-refractivity contribution in [3.05, 3.63) is 24.3 Å². The smallest absolute Gasteiger partial charge is 0.161 e. The van der Waals surface area contributed by atoms with Gasteiger partial charge in [0, 0.05) is 0 Å². The first kappa shape index (κ1) is 12.2. The molecule has 3 nitrogen and oxygen atoms in total. The molecule has 1 N–H and O–H groups in total. The zero-order chi connectivity index (χ0) is 12.1. The zero-order valence-electron chi connectivity index (χ0n) is 10.3. The predicted octanol–water partition coefficient (Wildman–Crippen LogP) is 2.77. The Kier molecular flexibility index (Phi) is 4.26. The van der Waals surface area contributed by atoms with Crippen LogP contribution in [0.15, 0.2) is 24.3 Å². The van der Waals surface area contributed by atoms with E-state index in [4.69, 9.17) is 9.47 Å². The van der Waals surface area contributed by atoms with E-state index in [-0.39, 0.29) is 12.2 Å². The maximum Gasteiger partial charge on any atom is 0.161 e. The first-order valence-corrected chi connectivity index (χ1v) is 6.38. The van der Waals surface area contributed by atoms with E-state index in [1.165, 1.54) is 0 Å². The number of para-hydroxylation sites is 2. The van der Waals surface area contributed by atoms with Crippen LogP contribution in [0.25, 0.3) is 0 Å². The van der Waals surface area contributed by atoms with Crippen molar-refractivity contribution in [3.63, 3.8) is 0 Å². The summed E-state index contributed by atoms with van der Waals surface area (Å²) in [6.45, 7) is 2.57. The van der Waals surface area contributed by atoms with Crippen LogP contribution < -0.4 is 9.47 Å². The minimum absolute atomic E-state index is 0.0923. The van der Waals surface area contributed by atoms with E-state index in [9.17, 15) is 5.11 Å². The van der Waals surface area contributed by atoms with Crippen LogP contribution in [0.1, 0.15) is 32.6 Å². The summed E-state index contributed by atoms with van der Waals surface area (Å²) in [5.74, 6) is 1.49. The maximum absolute atomic E-state index is 9.89. The molecule has 1 aromatic carbocycles. The lowest BCUT2D eigenvalue weighted by atomic mass is 9.95. The minimum Gasteiger partial charge on any atom is -0.490 e. The molecule has 3 heteroatoms. The molecule has 0 aromatic heterocycles. The van der Waals surface area contributed by atoms with E-state index in [1.807, 2.05) is 31.2 Å². The Morgan fingerprint density at radius 1 is 1.18 bits per heavy atom. The van der Waals surface area contributed by atoms with E-state index in [2.05, 4.69) is 0 Å². The number of ether oxygens (including phenoxy) is 2. The summed E-state index contributed by atoms with van der Waals surface area (Å²) in [4.78, 5) is 0. The molecule has 17 heavy (non-hydrogen) atoms. The van der Waals surface area contributed by atoms with Crippen molar-refractivity contribution < 1.29 is 14.6 Å². The molecule has 2 unspecified atom stereocenters. The van der Waals surface area contributed by atoms with Crippen LogP contribution in [0.5, 0.6) is 11.5 Å². The van der Waals surface area contributed by atoms with E-state index >= 15 is 0 Å². The van der Waals surface area contributed by atoms with Crippen molar-refractivity contribution in [3.8, 4) is 11.5 Å². The molecule has 0 aliphatic heterocycles. The number of aliphatic hydroxyl groups is 1. The van der Waals surface area contributed by atoms with Crippen molar-refractivity contribution in [2.45, 2.75) is 44.8 Å². The van der Waals surface area contributed by atoms with Gasteiger partial charge >= 0.3 is 0 Å². The van der Waals surface area contributed by atoms with Crippen molar-refractivity contribution in [1.29, 1.82) is 0 Å². The highest BCUT2D eigenvalue weighted by molar-refractivity contribution is 5.39. The number of hydrogen-bond donors (Lipinski definition) is 1. The Morgan fingerprint density at radius 2 is 1.88 bits per heavy atom. The van der Waals surface area contributed by atoms with Gasteiger partial charge < -0.3 is 14.6 Å². The Bertz CT molecular complexity index is 351. The van der Waals surface area contributed by atoms with Crippen LogP contribution in [-0.4, -0.2) is 23.9 Å². The SMILES string of the molecule is CCOc1ccccc1OC1CCCCC1O.